The van der Waals surface area contributed by atoms with Crippen LogP contribution in [0, 0.1) is 5.41 Å². The lowest BCUT2D eigenvalue weighted by Gasteiger charge is -2.33. The van der Waals surface area contributed by atoms with Crippen molar-refractivity contribution in [3.8, 4) is 5.75 Å². The zero-order valence-electron chi connectivity index (χ0n) is 14.0. The number of hydrogen-bond donors (Lipinski definition) is 0. The molecule has 0 N–H and O–H groups in total. The first-order valence-corrected chi connectivity index (χ1v) is 9.15. The third-order valence-electron chi connectivity index (χ3n) is 3.85. The van der Waals surface area contributed by atoms with Crippen LogP contribution in [-0.4, -0.2) is 34.3 Å². The SMILES string of the molecule is CC1(C)COB(c2ccc3cc(OS(=O)(=O)C(F)(F)F)ccc3c2)OC1. The Morgan fingerprint density at radius 1 is 1.04 bits per heavy atom. The Labute approximate surface area is 149 Å². The van der Waals surface area contributed by atoms with E-state index in [1.807, 2.05) is 13.8 Å². The Bertz CT molecular complexity index is 917. The lowest BCUT2D eigenvalue weighted by molar-refractivity contribution is -0.0500. The maximum atomic E-state index is 12.4. The van der Waals surface area contributed by atoms with E-state index in [1.165, 1.54) is 18.2 Å². The van der Waals surface area contributed by atoms with E-state index in [2.05, 4.69) is 4.18 Å². The van der Waals surface area contributed by atoms with E-state index >= 15 is 0 Å². The zero-order chi connectivity index (χ0) is 19.2. The number of fused-ring (bicyclic) bond motifs is 1. The summed E-state index contributed by atoms with van der Waals surface area (Å²) < 4.78 is 74.9. The van der Waals surface area contributed by atoms with Crippen LogP contribution >= 0.6 is 0 Å². The van der Waals surface area contributed by atoms with Crippen LogP contribution in [0.25, 0.3) is 10.8 Å². The molecule has 26 heavy (non-hydrogen) atoms. The number of benzene rings is 2. The van der Waals surface area contributed by atoms with Crippen molar-refractivity contribution in [2.24, 2.45) is 5.41 Å². The van der Waals surface area contributed by atoms with Gasteiger partial charge in [-0.3, -0.25) is 0 Å². The van der Waals surface area contributed by atoms with Crippen LogP contribution in [0.3, 0.4) is 0 Å². The van der Waals surface area contributed by atoms with Crippen LogP contribution in [0.1, 0.15) is 13.8 Å². The fourth-order valence-corrected chi connectivity index (χ4v) is 2.95. The first-order chi connectivity index (χ1) is 12.0. The zero-order valence-corrected chi connectivity index (χ0v) is 14.9. The van der Waals surface area contributed by atoms with Crippen LogP contribution in [0.15, 0.2) is 36.4 Å². The average molecular weight is 388 g/mol. The van der Waals surface area contributed by atoms with E-state index in [4.69, 9.17) is 9.31 Å². The van der Waals surface area contributed by atoms with Crippen molar-refractivity contribution in [3.05, 3.63) is 36.4 Å². The highest BCUT2D eigenvalue weighted by molar-refractivity contribution is 7.88. The summed E-state index contributed by atoms with van der Waals surface area (Å²) in [5.74, 6) is -0.408. The smallest absolute Gasteiger partial charge is 0.407 e. The molecule has 5 nitrogen and oxygen atoms in total. The molecule has 3 rings (SSSR count). The first kappa shape index (κ1) is 19.0. The molecule has 0 saturated carbocycles. The number of alkyl halides is 3. The van der Waals surface area contributed by atoms with Crippen LogP contribution in [0.5, 0.6) is 5.75 Å². The topological polar surface area (TPSA) is 61.8 Å². The predicted molar refractivity (Wildman–Crippen MR) is 90.6 cm³/mol. The Hall–Kier alpha value is -1.78. The number of halogens is 3. The Kier molecular flexibility index (Phi) is 4.70. The molecule has 10 heteroatoms. The number of hydrogen-bond acceptors (Lipinski definition) is 5. The van der Waals surface area contributed by atoms with Crippen LogP contribution < -0.4 is 9.65 Å². The van der Waals surface area contributed by atoms with Crippen molar-refractivity contribution in [1.82, 2.24) is 0 Å². The van der Waals surface area contributed by atoms with E-state index in [0.717, 1.165) is 5.46 Å². The lowest BCUT2D eigenvalue weighted by Crippen LogP contribution is -2.47. The van der Waals surface area contributed by atoms with E-state index in [-0.39, 0.29) is 5.41 Å². The second-order valence-corrected chi connectivity index (χ2v) is 8.41. The lowest BCUT2D eigenvalue weighted by atomic mass is 9.75. The van der Waals surface area contributed by atoms with Crippen LogP contribution in [0.4, 0.5) is 13.2 Å². The summed E-state index contributed by atoms with van der Waals surface area (Å²) in [5.41, 5.74) is -4.77. The molecule has 1 saturated heterocycles. The fourth-order valence-electron chi connectivity index (χ4n) is 2.50. The molecule has 0 unspecified atom stereocenters. The van der Waals surface area contributed by atoms with Crippen molar-refractivity contribution < 1.29 is 35.1 Å². The van der Waals surface area contributed by atoms with E-state index in [1.54, 1.807) is 18.2 Å². The molecular weight excluding hydrogens is 372 g/mol. The molecule has 0 aliphatic carbocycles. The molecule has 0 aromatic heterocycles. The summed E-state index contributed by atoms with van der Waals surface area (Å²) in [6.45, 7) is 5.13. The van der Waals surface area contributed by atoms with Gasteiger partial charge in [0, 0.05) is 18.6 Å². The minimum Gasteiger partial charge on any atom is -0.407 e. The molecule has 1 heterocycles. The van der Waals surface area contributed by atoms with Gasteiger partial charge in [0.05, 0.1) is 0 Å². The molecule has 0 atom stereocenters. The van der Waals surface area contributed by atoms with Gasteiger partial charge in [0.15, 0.2) is 0 Å². The van der Waals surface area contributed by atoms with Crippen molar-refractivity contribution in [1.29, 1.82) is 0 Å². The van der Waals surface area contributed by atoms with Gasteiger partial charge in [-0.25, -0.2) is 0 Å². The van der Waals surface area contributed by atoms with E-state index in [9.17, 15) is 21.6 Å². The second kappa shape index (κ2) is 6.43. The maximum absolute atomic E-state index is 12.4. The molecule has 1 aliphatic rings. The Balaban J connectivity index is 1.83. The summed E-state index contributed by atoms with van der Waals surface area (Å²) in [4.78, 5) is 0. The summed E-state index contributed by atoms with van der Waals surface area (Å²) in [6.07, 6.45) is 0. The molecule has 140 valence electrons. The van der Waals surface area contributed by atoms with Crippen molar-refractivity contribution in [3.63, 3.8) is 0 Å². The molecule has 0 bridgehead atoms. The summed E-state index contributed by atoms with van der Waals surface area (Å²) >= 11 is 0. The maximum Gasteiger partial charge on any atom is 0.534 e. The summed E-state index contributed by atoms with van der Waals surface area (Å²) in [6, 6.07) is 9.01. The van der Waals surface area contributed by atoms with Gasteiger partial charge >= 0.3 is 22.7 Å². The highest BCUT2D eigenvalue weighted by Gasteiger charge is 2.48. The minimum absolute atomic E-state index is 0.0659. The molecule has 0 spiro atoms. The monoisotopic (exact) mass is 388 g/mol. The summed E-state index contributed by atoms with van der Waals surface area (Å²) in [5, 5.41) is 1.22. The predicted octanol–water partition coefficient (Wildman–Crippen LogP) is 2.84. The van der Waals surface area contributed by atoms with Crippen LogP contribution in [-0.2, 0) is 19.4 Å². The minimum atomic E-state index is -5.70. The molecule has 2 aromatic rings. The fraction of sp³-hybridized carbons (Fsp3) is 0.375. The van der Waals surface area contributed by atoms with Crippen molar-refractivity contribution in [2.75, 3.05) is 13.2 Å². The third-order valence-corrected chi connectivity index (χ3v) is 4.83. The largest absolute Gasteiger partial charge is 0.534 e. The van der Waals surface area contributed by atoms with Gasteiger partial charge in [-0.1, -0.05) is 38.1 Å². The third kappa shape index (κ3) is 3.97. The van der Waals surface area contributed by atoms with Gasteiger partial charge in [0.25, 0.3) is 0 Å². The normalized spacial score (nSPS) is 18.1. The Morgan fingerprint density at radius 3 is 2.23 bits per heavy atom. The molecular formula is C16H16BF3O5S. The molecule has 2 aromatic carbocycles. The summed E-state index contributed by atoms with van der Waals surface area (Å²) in [7, 11) is -6.22. The van der Waals surface area contributed by atoms with Crippen molar-refractivity contribution >= 4 is 33.5 Å². The van der Waals surface area contributed by atoms with Gasteiger partial charge in [-0.15, -0.1) is 0 Å². The molecule has 1 aliphatic heterocycles. The molecule has 0 amide bonds. The second-order valence-electron chi connectivity index (χ2n) is 6.87. The van der Waals surface area contributed by atoms with Gasteiger partial charge in [-0.2, -0.15) is 21.6 Å². The molecule has 0 radical (unpaired) electrons. The highest BCUT2D eigenvalue weighted by Crippen LogP contribution is 2.29. The average Bonchev–Trinajstić information content (AvgIpc) is 2.53. The van der Waals surface area contributed by atoms with E-state index < -0.39 is 28.5 Å². The molecule has 1 fully saturated rings. The van der Waals surface area contributed by atoms with Crippen LogP contribution in [0.2, 0.25) is 0 Å². The van der Waals surface area contributed by atoms with Gasteiger partial charge in [-0.05, 0) is 28.4 Å². The standard InChI is InChI=1S/C16H16BF3O5S/c1-15(2)9-23-17(24-10-15)13-5-3-12-8-14(6-4-11(12)7-13)25-26(21,22)16(18,19)20/h3-8H,9-10H2,1-2H3. The van der Waals surface area contributed by atoms with Gasteiger partial charge in [0.1, 0.15) is 5.75 Å². The first-order valence-electron chi connectivity index (χ1n) is 7.75. The van der Waals surface area contributed by atoms with Gasteiger partial charge in [0.2, 0.25) is 0 Å². The number of rotatable bonds is 3. The van der Waals surface area contributed by atoms with Crippen molar-refractivity contribution in [2.45, 2.75) is 19.4 Å². The van der Waals surface area contributed by atoms with E-state index in [0.29, 0.717) is 24.0 Å². The van der Waals surface area contributed by atoms with Gasteiger partial charge < -0.3 is 13.5 Å². The highest BCUT2D eigenvalue weighted by atomic mass is 32.2. The quantitative estimate of drug-likeness (QED) is 0.460. The Morgan fingerprint density at radius 2 is 1.62 bits per heavy atom.